The van der Waals surface area contributed by atoms with E-state index in [0.29, 0.717) is 22.9 Å². The van der Waals surface area contributed by atoms with E-state index in [1.807, 2.05) is 12.1 Å². The minimum Gasteiger partial charge on any atom is -0.489 e. The molecule has 0 radical (unpaired) electrons. The van der Waals surface area contributed by atoms with E-state index in [1.54, 1.807) is 30.3 Å². The Balaban J connectivity index is 1.52. The minimum absolute atomic E-state index is 0.103. The molecule has 9 heteroatoms. The quantitative estimate of drug-likeness (QED) is 0.469. The molecule has 0 saturated heterocycles. The van der Waals surface area contributed by atoms with Crippen LogP contribution in [0.4, 0.5) is 18.9 Å². The van der Waals surface area contributed by atoms with Crippen molar-refractivity contribution in [2.45, 2.75) is 30.3 Å². The average molecular weight is 475 g/mol. The Bertz CT molecular complexity index is 1290. The van der Waals surface area contributed by atoms with Crippen LogP contribution in [0.2, 0.25) is 0 Å². The van der Waals surface area contributed by atoms with Gasteiger partial charge in [-0.1, -0.05) is 18.2 Å². The van der Waals surface area contributed by atoms with Crippen molar-refractivity contribution in [3.05, 3.63) is 72.0 Å². The van der Waals surface area contributed by atoms with Gasteiger partial charge in [0.05, 0.1) is 17.1 Å². The second kappa shape index (κ2) is 8.30. The van der Waals surface area contributed by atoms with Crippen LogP contribution in [0.5, 0.6) is 11.5 Å². The van der Waals surface area contributed by atoms with Gasteiger partial charge < -0.3 is 9.47 Å². The summed E-state index contributed by atoms with van der Waals surface area (Å²) in [5.41, 5.74) is 2.13. The smallest absolute Gasteiger partial charge is 0.387 e. The molecule has 1 fully saturated rings. The fourth-order valence-electron chi connectivity index (χ4n) is 3.98. The normalized spacial score (nSPS) is 15.8. The molecule has 3 aromatic rings. The molecular formula is C24H20F3NO4S. The van der Waals surface area contributed by atoms with Crippen LogP contribution in [0, 0.1) is 5.82 Å². The number of rotatable bonds is 6. The van der Waals surface area contributed by atoms with E-state index < -0.39 is 22.5 Å². The van der Waals surface area contributed by atoms with Gasteiger partial charge >= 0.3 is 6.61 Å². The van der Waals surface area contributed by atoms with E-state index in [4.69, 9.17) is 4.74 Å². The topological polar surface area (TPSA) is 55.8 Å². The molecular weight excluding hydrogens is 455 g/mol. The van der Waals surface area contributed by atoms with Gasteiger partial charge in [0.1, 0.15) is 23.9 Å². The highest BCUT2D eigenvalue weighted by Crippen LogP contribution is 2.42. The maximum Gasteiger partial charge on any atom is 0.387 e. The Morgan fingerprint density at radius 2 is 1.73 bits per heavy atom. The standard InChI is InChI=1S/C24H20F3NO4S/c25-19-11-18(12-20(14-19)32-24(26)27)17-5-8-23-22(13-17)28(9-10-31-23)33(29,30)21-6-3-16(4-7-21)15-1-2-15/h3-8,11-15,24H,1-2,9-10H2. The Morgan fingerprint density at radius 1 is 0.970 bits per heavy atom. The van der Waals surface area contributed by atoms with E-state index in [9.17, 15) is 21.6 Å². The lowest BCUT2D eigenvalue weighted by Crippen LogP contribution is -2.37. The van der Waals surface area contributed by atoms with Gasteiger partial charge in [0.25, 0.3) is 10.0 Å². The number of nitrogens with zero attached hydrogens (tertiary/aromatic N) is 1. The van der Waals surface area contributed by atoms with Crippen molar-refractivity contribution in [2.24, 2.45) is 0 Å². The summed E-state index contributed by atoms with van der Waals surface area (Å²) in [4.78, 5) is 0.170. The van der Waals surface area contributed by atoms with E-state index in [2.05, 4.69) is 4.74 Å². The van der Waals surface area contributed by atoms with Crippen molar-refractivity contribution in [2.75, 3.05) is 17.5 Å². The van der Waals surface area contributed by atoms with Gasteiger partial charge in [0.15, 0.2) is 0 Å². The maximum atomic E-state index is 14.0. The second-order valence-electron chi connectivity index (χ2n) is 8.01. The summed E-state index contributed by atoms with van der Waals surface area (Å²) >= 11 is 0. The summed E-state index contributed by atoms with van der Waals surface area (Å²) in [5, 5.41) is 0. The molecule has 0 bridgehead atoms. The Labute approximate surface area is 189 Å². The zero-order chi connectivity index (χ0) is 23.2. The van der Waals surface area contributed by atoms with Gasteiger partial charge in [-0.25, -0.2) is 12.8 Å². The predicted molar refractivity (Wildman–Crippen MR) is 117 cm³/mol. The molecule has 5 nitrogen and oxygen atoms in total. The van der Waals surface area contributed by atoms with Crippen molar-refractivity contribution < 1.29 is 31.1 Å². The Kier molecular flexibility index (Phi) is 5.44. The van der Waals surface area contributed by atoms with Crippen LogP contribution < -0.4 is 13.8 Å². The van der Waals surface area contributed by atoms with Gasteiger partial charge in [0, 0.05) is 6.07 Å². The summed E-state index contributed by atoms with van der Waals surface area (Å²) < 4.78 is 77.3. The maximum absolute atomic E-state index is 14.0. The Hall–Kier alpha value is -3.20. The van der Waals surface area contributed by atoms with Gasteiger partial charge in [-0.05, 0) is 71.8 Å². The van der Waals surface area contributed by atoms with Crippen LogP contribution in [-0.2, 0) is 10.0 Å². The molecule has 1 heterocycles. The molecule has 33 heavy (non-hydrogen) atoms. The molecule has 0 unspecified atom stereocenters. The molecule has 1 aliphatic carbocycles. The summed E-state index contributed by atoms with van der Waals surface area (Å²) in [6.45, 7) is -2.81. The largest absolute Gasteiger partial charge is 0.489 e. The fourth-order valence-corrected chi connectivity index (χ4v) is 5.43. The van der Waals surface area contributed by atoms with Crippen molar-refractivity contribution in [3.63, 3.8) is 0 Å². The number of fused-ring (bicyclic) bond motifs is 1. The van der Waals surface area contributed by atoms with Crippen molar-refractivity contribution in [1.82, 2.24) is 0 Å². The summed E-state index contributed by atoms with van der Waals surface area (Å²) in [5.74, 6) is -0.200. The lowest BCUT2D eigenvalue weighted by atomic mass is 10.0. The lowest BCUT2D eigenvalue weighted by Gasteiger charge is -2.31. The van der Waals surface area contributed by atoms with Crippen molar-refractivity contribution in [3.8, 4) is 22.6 Å². The van der Waals surface area contributed by atoms with E-state index in [1.165, 1.54) is 16.4 Å². The second-order valence-corrected chi connectivity index (χ2v) is 9.87. The van der Waals surface area contributed by atoms with Crippen molar-refractivity contribution >= 4 is 15.7 Å². The van der Waals surface area contributed by atoms with E-state index >= 15 is 0 Å². The molecule has 1 aliphatic heterocycles. The number of halogens is 3. The van der Waals surface area contributed by atoms with Gasteiger partial charge in [-0.3, -0.25) is 4.31 Å². The highest BCUT2D eigenvalue weighted by Gasteiger charge is 2.31. The molecule has 2 aliphatic rings. The first-order chi connectivity index (χ1) is 15.8. The summed E-state index contributed by atoms with van der Waals surface area (Å²) in [7, 11) is -3.87. The first-order valence-electron chi connectivity index (χ1n) is 10.5. The van der Waals surface area contributed by atoms with E-state index in [-0.39, 0.29) is 29.4 Å². The number of sulfonamides is 1. The number of ether oxygens (including phenoxy) is 2. The molecule has 1 saturated carbocycles. The average Bonchev–Trinajstić information content (AvgIpc) is 3.63. The van der Waals surface area contributed by atoms with Crippen LogP contribution in [0.25, 0.3) is 11.1 Å². The van der Waals surface area contributed by atoms with Crippen molar-refractivity contribution in [1.29, 1.82) is 0 Å². The third kappa shape index (κ3) is 4.37. The zero-order valence-corrected chi connectivity index (χ0v) is 18.2. The molecule has 0 atom stereocenters. The number of hydrogen-bond acceptors (Lipinski definition) is 4. The molecule has 0 spiro atoms. The third-order valence-corrected chi connectivity index (χ3v) is 7.55. The third-order valence-electron chi connectivity index (χ3n) is 5.73. The van der Waals surface area contributed by atoms with E-state index in [0.717, 1.165) is 24.5 Å². The van der Waals surface area contributed by atoms with Crippen LogP contribution in [0.15, 0.2) is 65.6 Å². The fraction of sp³-hybridized carbons (Fsp3) is 0.250. The lowest BCUT2D eigenvalue weighted by molar-refractivity contribution is -0.0499. The summed E-state index contributed by atoms with van der Waals surface area (Å²) in [6.07, 6.45) is 2.24. The van der Waals surface area contributed by atoms with Crippen LogP contribution >= 0.6 is 0 Å². The first-order valence-corrected chi connectivity index (χ1v) is 11.9. The van der Waals surface area contributed by atoms with Crippen LogP contribution in [0.1, 0.15) is 24.3 Å². The molecule has 5 rings (SSSR count). The number of hydrogen-bond donors (Lipinski definition) is 0. The SMILES string of the molecule is O=S(=O)(c1ccc(C2CC2)cc1)N1CCOc2ccc(-c3cc(F)cc(OC(F)F)c3)cc21. The minimum atomic E-state index is -3.87. The number of anilines is 1. The molecule has 3 aromatic carbocycles. The molecule has 0 aromatic heterocycles. The zero-order valence-electron chi connectivity index (χ0n) is 17.4. The van der Waals surface area contributed by atoms with Gasteiger partial charge in [0.2, 0.25) is 0 Å². The first kappa shape index (κ1) is 21.6. The number of alkyl halides is 2. The molecule has 172 valence electrons. The molecule has 0 N–H and O–H groups in total. The summed E-state index contributed by atoms with van der Waals surface area (Å²) in [6, 6.07) is 15.0. The highest BCUT2D eigenvalue weighted by atomic mass is 32.2. The van der Waals surface area contributed by atoms with Crippen LogP contribution in [-0.4, -0.2) is 28.2 Å². The molecule has 0 amide bonds. The van der Waals surface area contributed by atoms with Gasteiger partial charge in [-0.2, -0.15) is 8.78 Å². The predicted octanol–water partition coefficient (Wildman–Crippen LogP) is 5.56. The monoisotopic (exact) mass is 475 g/mol. The highest BCUT2D eigenvalue weighted by molar-refractivity contribution is 7.92. The van der Waals surface area contributed by atoms with Gasteiger partial charge in [-0.15, -0.1) is 0 Å². The van der Waals surface area contributed by atoms with Crippen LogP contribution in [0.3, 0.4) is 0 Å². The number of benzene rings is 3. The Morgan fingerprint density at radius 3 is 2.42 bits per heavy atom.